The lowest BCUT2D eigenvalue weighted by atomic mass is 10.4. The van der Waals surface area contributed by atoms with Gasteiger partial charge in [0.05, 0.1) is 9.21 Å². The Hall–Kier alpha value is -0.320. The summed E-state index contributed by atoms with van der Waals surface area (Å²) in [4.78, 5) is 5.59. The largest absolute Gasteiger partial charge is 0.439 e. The summed E-state index contributed by atoms with van der Waals surface area (Å²) in [6.45, 7) is 0. The fourth-order valence-corrected chi connectivity index (χ4v) is 2.09. The summed E-state index contributed by atoms with van der Waals surface area (Å²) >= 11 is 10.4. The van der Waals surface area contributed by atoms with Gasteiger partial charge in [-0.2, -0.15) is 0 Å². The minimum absolute atomic E-state index is 0.488. The van der Waals surface area contributed by atoms with Gasteiger partial charge in [0, 0.05) is 15.9 Å². The Kier molecular flexibility index (Phi) is 2.21. The van der Waals surface area contributed by atoms with Gasteiger partial charge in [0.15, 0.2) is 0 Å². The average molecular weight is 265 g/mol. The molecule has 0 atom stereocenters. The van der Waals surface area contributed by atoms with Crippen LogP contribution in [0.15, 0.2) is 27.6 Å². The molecule has 0 aliphatic heterocycles. The maximum absolute atomic E-state index is 5.77. The molecular formula is C7H3BrClNOS. The molecule has 0 N–H and O–H groups in total. The van der Waals surface area contributed by atoms with Crippen molar-refractivity contribution in [1.82, 2.24) is 4.98 Å². The van der Waals surface area contributed by atoms with E-state index in [0.717, 1.165) is 14.9 Å². The first kappa shape index (κ1) is 8.29. The van der Waals surface area contributed by atoms with Crippen LogP contribution in [0.1, 0.15) is 0 Å². The molecule has 2 rings (SSSR count). The van der Waals surface area contributed by atoms with Crippen molar-refractivity contribution in [3.05, 3.63) is 27.5 Å². The Labute approximate surface area is 86.3 Å². The minimum atomic E-state index is 0.488. The summed E-state index contributed by atoms with van der Waals surface area (Å²) in [5.74, 6) is 0. The van der Waals surface area contributed by atoms with Crippen LogP contribution in [0.5, 0.6) is 0 Å². The second-order valence-corrected chi connectivity index (χ2v) is 4.48. The van der Waals surface area contributed by atoms with E-state index in [1.165, 1.54) is 11.3 Å². The molecule has 2 heterocycles. The molecule has 62 valence electrons. The zero-order valence-corrected chi connectivity index (χ0v) is 8.91. The van der Waals surface area contributed by atoms with Crippen LogP contribution in [0.2, 0.25) is 4.34 Å². The third kappa shape index (κ3) is 1.55. The molecule has 0 radical (unpaired) electrons. The van der Waals surface area contributed by atoms with E-state index in [4.69, 9.17) is 16.0 Å². The van der Waals surface area contributed by atoms with Gasteiger partial charge >= 0.3 is 0 Å². The maximum atomic E-state index is 5.77. The summed E-state index contributed by atoms with van der Waals surface area (Å²) < 4.78 is 5.75. The van der Waals surface area contributed by atoms with E-state index in [0.29, 0.717) is 4.80 Å². The molecule has 0 aliphatic rings. The van der Waals surface area contributed by atoms with Crippen molar-refractivity contribution in [3.8, 4) is 10.6 Å². The number of hydrogen-bond acceptors (Lipinski definition) is 3. The molecule has 0 unspecified atom stereocenters. The lowest BCUT2D eigenvalue weighted by molar-refractivity contribution is 0.529. The van der Waals surface area contributed by atoms with Crippen LogP contribution in [0, 0.1) is 0 Å². The van der Waals surface area contributed by atoms with Gasteiger partial charge in [0.25, 0.3) is 4.80 Å². The molecule has 0 amide bonds. The fraction of sp³-hybridized carbons (Fsp3) is 0. The van der Waals surface area contributed by atoms with E-state index >= 15 is 0 Å². The second-order valence-electron chi connectivity index (χ2n) is 2.09. The Morgan fingerprint density at radius 1 is 1.50 bits per heavy atom. The van der Waals surface area contributed by atoms with Crippen molar-refractivity contribution in [1.29, 1.82) is 0 Å². The molecule has 2 aromatic rings. The Morgan fingerprint density at radius 3 is 2.83 bits per heavy atom. The van der Waals surface area contributed by atoms with Gasteiger partial charge in [-0.3, -0.25) is 0 Å². The standard InChI is InChI=1S/C7H3BrClNOS/c8-7-10-4(3-11-7)5-1-2-6(9)12-5/h1-3H. The maximum Gasteiger partial charge on any atom is 0.264 e. The van der Waals surface area contributed by atoms with Crippen molar-refractivity contribution in [2.24, 2.45) is 0 Å². The van der Waals surface area contributed by atoms with Crippen molar-refractivity contribution in [3.63, 3.8) is 0 Å². The molecule has 0 saturated heterocycles. The molecule has 0 saturated carbocycles. The normalized spacial score (nSPS) is 10.5. The lowest BCUT2D eigenvalue weighted by Gasteiger charge is -1.83. The highest BCUT2D eigenvalue weighted by atomic mass is 79.9. The lowest BCUT2D eigenvalue weighted by Crippen LogP contribution is -1.67. The number of thiophene rings is 1. The molecule has 0 spiro atoms. The van der Waals surface area contributed by atoms with Crippen molar-refractivity contribution in [2.45, 2.75) is 0 Å². The highest BCUT2D eigenvalue weighted by Gasteiger charge is 2.05. The first-order valence-electron chi connectivity index (χ1n) is 3.12. The van der Waals surface area contributed by atoms with Crippen LogP contribution in [-0.2, 0) is 0 Å². The van der Waals surface area contributed by atoms with Gasteiger partial charge in [-0.15, -0.1) is 11.3 Å². The Morgan fingerprint density at radius 2 is 2.33 bits per heavy atom. The molecule has 2 nitrogen and oxygen atoms in total. The van der Waals surface area contributed by atoms with Gasteiger partial charge in [-0.25, -0.2) is 4.98 Å². The number of nitrogens with zero attached hydrogens (tertiary/aromatic N) is 1. The molecule has 5 heteroatoms. The summed E-state index contributed by atoms with van der Waals surface area (Å²) in [6.07, 6.45) is 1.59. The van der Waals surface area contributed by atoms with E-state index < -0.39 is 0 Å². The number of rotatable bonds is 1. The molecule has 0 aliphatic carbocycles. The van der Waals surface area contributed by atoms with Crippen LogP contribution >= 0.6 is 38.9 Å². The van der Waals surface area contributed by atoms with Crippen LogP contribution < -0.4 is 0 Å². The van der Waals surface area contributed by atoms with Crippen LogP contribution in [0.25, 0.3) is 10.6 Å². The summed E-state index contributed by atoms with van der Waals surface area (Å²) in [5.41, 5.74) is 0.804. The SMILES string of the molecule is Clc1ccc(-c2coc(Br)n2)s1. The first-order valence-corrected chi connectivity index (χ1v) is 5.11. The topological polar surface area (TPSA) is 26.0 Å². The molecule has 0 aromatic carbocycles. The number of oxazole rings is 1. The fourth-order valence-electron chi connectivity index (χ4n) is 0.817. The summed E-state index contributed by atoms with van der Waals surface area (Å²) in [5, 5.41) is 0. The number of halogens is 2. The number of aromatic nitrogens is 1. The summed E-state index contributed by atoms with van der Waals surface area (Å²) in [6, 6.07) is 3.75. The zero-order chi connectivity index (χ0) is 8.55. The molecule has 0 bridgehead atoms. The zero-order valence-electron chi connectivity index (χ0n) is 5.75. The van der Waals surface area contributed by atoms with E-state index in [1.54, 1.807) is 6.26 Å². The van der Waals surface area contributed by atoms with Gasteiger partial charge < -0.3 is 4.42 Å². The van der Waals surface area contributed by atoms with Crippen molar-refractivity contribution in [2.75, 3.05) is 0 Å². The van der Waals surface area contributed by atoms with Crippen molar-refractivity contribution >= 4 is 38.9 Å². The molecule has 2 aromatic heterocycles. The van der Waals surface area contributed by atoms with Gasteiger partial charge in [0.1, 0.15) is 12.0 Å². The van der Waals surface area contributed by atoms with E-state index in [-0.39, 0.29) is 0 Å². The Balaban J connectivity index is 2.43. The van der Waals surface area contributed by atoms with Gasteiger partial charge in [0.2, 0.25) is 0 Å². The molecule has 12 heavy (non-hydrogen) atoms. The van der Waals surface area contributed by atoms with Gasteiger partial charge in [-0.1, -0.05) is 11.6 Å². The van der Waals surface area contributed by atoms with Gasteiger partial charge in [-0.05, 0) is 12.1 Å². The second kappa shape index (κ2) is 3.20. The summed E-state index contributed by atoms with van der Waals surface area (Å²) in [7, 11) is 0. The van der Waals surface area contributed by atoms with Crippen LogP contribution in [0.3, 0.4) is 0 Å². The minimum Gasteiger partial charge on any atom is -0.439 e. The highest BCUT2D eigenvalue weighted by molar-refractivity contribution is 9.10. The van der Waals surface area contributed by atoms with Crippen LogP contribution in [-0.4, -0.2) is 4.98 Å². The molecular weight excluding hydrogens is 262 g/mol. The average Bonchev–Trinajstić information content (AvgIpc) is 2.58. The quantitative estimate of drug-likeness (QED) is 0.782. The van der Waals surface area contributed by atoms with Crippen LogP contribution in [0.4, 0.5) is 0 Å². The number of hydrogen-bond donors (Lipinski definition) is 0. The predicted octanol–water partition coefficient (Wildman–Crippen LogP) is 3.82. The van der Waals surface area contributed by atoms with Crippen molar-refractivity contribution < 1.29 is 4.42 Å². The first-order chi connectivity index (χ1) is 5.75. The predicted molar refractivity (Wildman–Crippen MR) is 52.5 cm³/mol. The monoisotopic (exact) mass is 263 g/mol. The van der Waals surface area contributed by atoms with E-state index in [1.807, 2.05) is 12.1 Å². The third-order valence-corrected chi connectivity index (χ3v) is 2.92. The third-order valence-electron chi connectivity index (χ3n) is 1.30. The smallest absolute Gasteiger partial charge is 0.264 e. The van der Waals surface area contributed by atoms with E-state index in [2.05, 4.69) is 20.9 Å². The molecule has 0 fully saturated rings. The van der Waals surface area contributed by atoms with E-state index in [9.17, 15) is 0 Å². The Bertz CT molecular complexity index is 359. The highest BCUT2D eigenvalue weighted by Crippen LogP contribution is 2.30.